The first-order valence-electron chi connectivity index (χ1n) is 6.47. The largest absolute Gasteiger partial charge is 0.340 e. The standard InChI is InChI=1S/C12H23N3O.2ClH/c1-10(13)12(16)15-8-4-5-11(9-15)14-6-2-3-7-14;;/h10-11H,2-9,13H2,1H3;2*1H. The van der Waals surface area contributed by atoms with Crippen LogP contribution in [-0.4, -0.2) is 54.0 Å². The first-order valence-corrected chi connectivity index (χ1v) is 6.47. The smallest absolute Gasteiger partial charge is 0.239 e. The zero-order valence-electron chi connectivity index (χ0n) is 11.0. The maximum atomic E-state index is 11.8. The summed E-state index contributed by atoms with van der Waals surface area (Å²) < 4.78 is 0. The lowest BCUT2D eigenvalue weighted by Crippen LogP contribution is -2.52. The molecule has 0 bridgehead atoms. The summed E-state index contributed by atoms with van der Waals surface area (Å²) in [6.07, 6.45) is 5.00. The Morgan fingerprint density at radius 2 is 1.78 bits per heavy atom. The topological polar surface area (TPSA) is 49.6 Å². The molecule has 2 unspecified atom stereocenters. The van der Waals surface area contributed by atoms with Gasteiger partial charge in [0, 0.05) is 19.1 Å². The Labute approximate surface area is 122 Å². The molecular formula is C12H25Cl2N3O. The molecule has 18 heavy (non-hydrogen) atoms. The number of likely N-dealkylation sites (tertiary alicyclic amines) is 2. The van der Waals surface area contributed by atoms with Crippen molar-refractivity contribution in [3.63, 3.8) is 0 Å². The van der Waals surface area contributed by atoms with Crippen LogP contribution in [0, 0.1) is 0 Å². The van der Waals surface area contributed by atoms with Gasteiger partial charge in [0.15, 0.2) is 0 Å². The molecular weight excluding hydrogens is 273 g/mol. The third-order valence-corrected chi connectivity index (χ3v) is 3.75. The van der Waals surface area contributed by atoms with Gasteiger partial charge in [0.25, 0.3) is 0 Å². The molecule has 0 saturated carbocycles. The van der Waals surface area contributed by atoms with Crippen molar-refractivity contribution in [1.29, 1.82) is 0 Å². The summed E-state index contributed by atoms with van der Waals surface area (Å²) in [6.45, 7) is 5.99. The summed E-state index contributed by atoms with van der Waals surface area (Å²) in [6, 6.07) is 0.233. The second kappa shape index (κ2) is 8.20. The van der Waals surface area contributed by atoms with Gasteiger partial charge in [-0.3, -0.25) is 9.69 Å². The van der Waals surface area contributed by atoms with Crippen molar-refractivity contribution in [3.8, 4) is 0 Å². The van der Waals surface area contributed by atoms with Gasteiger partial charge < -0.3 is 10.6 Å². The van der Waals surface area contributed by atoms with Crippen LogP contribution in [0.25, 0.3) is 0 Å². The Morgan fingerprint density at radius 1 is 1.17 bits per heavy atom. The highest BCUT2D eigenvalue weighted by Crippen LogP contribution is 2.20. The number of hydrogen-bond acceptors (Lipinski definition) is 3. The van der Waals surface area contributed by atoms with E-state index in [9.17, 15) is 4.79 Å². The molecule has 6 heteroatoms. The monoisotopic (exact) mass is 297 g/mol. The van der Waals surface area contributed by atoms with Crippen LogP contribution in [0.4, 0.5) is 0 Å². The molecule has 0 spiro atoms. The number of rotatable bonds is 2. The van der Waals surface area contributed by atoms with Crippen LogP contribution in [0.3, 0.4) is 0 Å². The van der Waals surface area contributed by atoms with E-state index in [1.807, 2.05) is 4.90 Å². The molecule has 2 atom stereocenters. The number of amides is 1. The van der Waals surface area contributed by atoms with Gasteiger partial charge in [-0.1, -0.05) is 0 Å². The van der Waals surface area contributed by atoms with E-state index in [0.717, 1.165) is 19.5 Å². The van der Waals surface area contributed by atoms with Crippen molar-refractivity contribution in [3.05, 3.63) is 0 Å². The minimum Gasteiger partial charge on any atom is -0.340 e. The van der Waals surface area contributed by atoms with Gasteiger partial charge in [0.1, 0.15) is 0 Å². The molecule has 4 nitrogen and oxygen atoms in total. The van der Waals surface area contributed by atoms with Crippen molar-refractivity contribution in [2.75, 3.05) is 26.2 Å². The molecule has 108 valence electrons. The van der Waals surface area contributed by atoms with Gasteiger partial charge in [0.05, 0.1) is 6.04 Å². The Hall–Kier alpha value is -0.0300. The zero-order valence-corrected chi connectivity index (χ0v) is 12.6. The first kappa shape index (κ1) is 18.0. The second-order valence-corrected chi connectivity index (χ2v) is 5.11. The molecule has 0 radical (unpaired) electrons. The zero-order chi connectivity index (χ0) is 11.5. The lowest BCUT2D eigenvalue weighted by molar-refractivity contribution is -0.134. The molecule has 2 aliphatic rings. The number of carbonyl (C=O) groups is 1. The highest BCUT2D eigenvalue weighted by atomic mass is 35.5. The van der Waals surface area contributed by atoms with E-state index in [4.69, 9.17) is 5.73 Å². The Bertz CT molecular complexity index is 258. The SMILES string of the molecule is CC(N)C(=O)N1CCCC(N2CCCC2)C1.Cl.Cl. The van der Waals surface area contributed by atoms with Crippen molar-refractivity contribution in [2.45, 2.75) is 44.7 Å². The third-order valence-electron chi connectivity index (χ3n) is 3.75. The van der Waals surface area contributed by atoms with Crippen molar-refractivity contribution < 1.29 is 4.79 Å². The highest BCUT2D eigenvalue weighted by molar-refractivity contribution is 5.85. The van der Waals surface area contributed by atoms with Gasteiger partial charge in [-0.25, -0.2) is 0 Å². The predicted octanol–water partition coefficient (Wildman–Crippen LogP) is 1.26. The van der Waals surface area contributed by atoms with Crippen molar-refractivity contribution in [1.82, 2.24) is 9.80 Å². The Balaban J connectivity index is 0.00000144. The lowest BCUT2D eigenvalue weighted by Gasteiger charge is -2.38. The predicted molar refractivity (Wildman–Crippen MR) is 78.6 cm³/mol. The van der Waals surface area contributed by atoms with Crippen LogP contribution < -0.4 is 5.73 Å². The molecule has 2 fully saturated rings. The van der Waals surface area contributed by atoms with Gasteiger partial charge in [-0.15, -0.1) is 24.8 Å². The average molecular weight is 298 g/mol. The molecule has 2 aliphatic heterocycles. The fourth-order valence-corrected chi connectivity index (χ4v) is 2.85. The number of nitrogens with two attached hydrogens (primary N) is 1. The summed E-state index contributed by atoms with van der Waals surface area (Å²) in [4.78, 5) is 16.3. The number of piperidine rings is 1. The van der Waals surface area contributed by atoms with E-state index in [1.165, 1.54) is 32.4 Å². The van der Waals surface area contributed by atoms with Gasteiger partial charge in [-0.05, 0) is 45.7 Å². The van der Waals surface area contributed by atoms with E-state index < -0.39 is 0 Å². The van der Waals surface area contributed by atoms with E-state index in [-0.39, 0.29) is 36.8 Å². The number of nitrogens with zero attached hydrogens (tertiary/aromatic N) is 2. The molecule has 2 N–H and O–H groups in total. The normalized spacial score (nSPS) is 26.1. The number of hydrogen-bond donors (Lipinski definition) is 1. The fraction of sp³-hybridized carbons (Fsp3) is 0.917. The Morgan fingerprint density at radius 3 is 2.33 bits per heavy atom. The molecule has 0 aromatic carbocycles. The maximum Gasteiger partial charge on any atom is 0.239 e. The molecule has 2 saturated heterocycles. The quantitative estimate of drug-likeness (QED) is 0.835. The summed E-state index contributed by atoms with van der Waals surface area (Å²) in [7, 11) is 0. The van der Waals surface area contributed by atoms with Crippen LogP contribution in [0.1, 0.15) is 32.6 Å². The highest BCUT2D eigenvalue weighted by Gasteiger charge is 2.29. The molecule has 0 aromatic heterocycles. The molecule has 2 heterocycles. The van der Waals surface area contributed by atoms with E-state index in [0.29, 0.717) is 6.04 Å². The summed E-state index contributed by atoms with van der Waals surface area (Å²) >= 11 is 0. The fourth-order valence-electron chi connectivity index (χ4n) is 2.85. The third kappa shape index (κ3) is 4.26. The molecule has 0 aliphatic carbocycles. The van der Waals surface area contributed by atoms with E-state index in [1.54, 1.807) is 6.92 Å². The maximum absolute atomic E-state index is 11.8. The van der Waals surface area contributed by atoms with Crippen LogP contribution in [0.15, 0.2) is 0 Å². The molecule has 0 aromatic rings. The van der Waals surface area contributed by atoms with Crippen LogP contribution in [0.5, 0.6) is 0 Å². The first-order chi connectivity index (χ1) is 7.68. The van der Waals surface area contributed by atoms with Gasteiger partial charge in [0.2, 0.25) is 5.91 Å². The summed E-state index contributed by atoms with van der Waals surface area (Å²) in [5.74, 6) is 0.115. The van der Waals surface area contributed by atoms with Crippen LogP contribution in [0.2, 0.25) is 0 Å². The van der Waals surface area contributed by atoms with Crippen LogP contribution >= 0.6 is 24.8 Å². The number of halogens is 2. The summed E-state index contributed by atoms with van der Waals surface area (Å²) in [5, 5.41) is 0. The summed E-state index contributed by atoms with van der Waals surface area (Å²) in [5.41, 5.74) is 5.66. The van der Waals surface area contributed by atoms with E-state index in [2.05, 4.69) is 4.90 Å². The van der Waals surface area contributed by atoms with Crippen molar-refractivity contribution in [2.24, 2.45) is 5.73 Å². The van der Waals surface area contributed by atoms with Crippen molar-refractivity contribution >= 4 is 30.7 Å². The molecule has 1 amide bonds. The average Bonchev–Trinajstić information content (AvgIpc) is 2.81. The molecule has 2 rings (SSSR count). The lowest BCUT2D eigenvalue weighted by atomic mass is 10.0. The number of carbonyl (C=O) groups excluding carboxylic acids is 1. The van der Waals surface area contributed by atoms with Gasteiger partial charge >= 0.3 is 0 Å². The van der Waals surface area contributed by atoms with Crippen LogP contribution in [-0.2, 0) is 4.79 Å². The Kier molecular flexibility index (Phi) is 8.19. The van der Waals surface area contributed by atoms with E-state index >= 15 is 0 Å². The second-order valence-electron chi connectivity index (χ2n) is 5.11. The minimum atomic E-state index is -0.350. The minimum absolute atomic E-state index is 0. The van der Waals surface area contributed by atoms with Gasteiger partial charge in [-0.2, -0.15) is 0 Å².